The quantitative estimate of drug-likeness (QED) is 0.772. The van der Waals surface area contributed by atoms with Gasteiger partial charge in [0.25, 0.3) is 0 Å². The van der Waals surface area contributed by atoms with Gasteiger partial charge in [0.1, 0.15) is 6.10 Å². The van der Waals surface area contributed by atoms with E-state index in [0.717, 1.165) is 24.1 Å². The first kappa shape index (κ1) is 15.0. The summed E-state index contributed by atoms with van der Waals surface area (Å²) < 4.78 is 5.23. The second kappa shape index (κ2) is 5.33. The predicted molar refractivity (Wildman–Crippen MR) is 89.6 cm³/mol. The summed E-state index contributed by atoms with van der Waals surface area (Å²) in [5.74, 6) is -0.777. The molecule has 5 rings (SSSR count). The summed E-state index contributed by atoms with van der Waals surface area (Å²) in [4.78, 5) is 30.4. The Morgan fingerprint density at radius 3 is 2.96 bits per heavy atom. The molecule has 0 spiro atoms. The summed E-state index contributed by atoms with van der Waals surface area (Å²) in [6.07, 6.45) is 1.11. The Morgan fingerprint density at radius 1 is 1.28 bits per heavy atom. The van der Waals surface area contributed by atoms with Crippen LogP contribution in [-0.4, -0.2) is 46.1 Å². The van der Waals surface area contributed by atoms with Crippen LogP contribution in [0.1, 0.15) is 30.1 Å². The van der Waals surface area contributed by atoms with Crippen LogP contribution in [0.3, 0.4) is 0 Å². The van der Waals surface area contributed by atoms with Crippen LogP contribution in [-0.2, 0) is 20.7 Å². The fourth-order valence-corrected chi connectivity index (χ4v) is 4.98. The Kier molecular flexibility index (Phi) is 3.19. The molecule has 4 heterocycles. The molecule has 2 N–H and O–H groups in total. The van der Waals surface area contributed by atoms with Crippen LogP contribution in [0.5, 0.6) is 0 Å². The highest BCUT2D eigenvalue weighted by Crippen LogP contribution is 2.46. The maximum absolute atomic E-state index is 13.1. The molecule has 1 amide bonds. The maximum Gasteiger partial charge on any atom is 0.306 e. The van der Waals surface area contributed by atoms with Gasteiger partial charge in [-0.05, 0) is 30.4 Å². The van der Waals surface area contributed by atoms with Crippen molar-refractivity contribution in [1.29, 1.82) is 0 Å². The molecule has 25 heavy (non-hydrogen) atoms. The van der Waals surface area contributed by atoms with Crippen molar-refractivity contribution < 1.29 is 19.4 Å². The van der Waals surface area contributed by atoms with Crippen LogP contribution < -0.4 is 0 Å². The number of H-pyrrole nitrogens is 1. The highest BCUT2D eigenvalue weighted by atomic mass is 16.6. The molecule has 6 nitrogen and oxygen atoms in total. The number of amides is 1. The zero-order chi connectivity index (χ0) is 17.1. The number of aliphatic hydroxyl groups excluding tert-OH is 1. The van der Waals surface area contributed by atoms with Gasteiger partial charge in [-0.3, -0.25) is 9.59 Å². The Hall–Kier alpha value is -2.34. The second-order valence-corrected chi connectivity index (χ2v) is 7.30. The Bertz CT molecular complexity index is 873. The van der Waals surface area contributed by atoms with Crippen molar-refractivity contribution in [1.82, 2.24) is 9.88 Å². The first-order valence-corrected chi connectivity index (χ1v) is 8.87. The fourth-order valence-electron chi connectivity index (χ4n) is 4.98. The van der Waals surface area contributed by atoms with Gasteiger partial charge in [-0.1, -0.05) is 18.2 Å². The summed E-state index contributed by atoms with van der Waals surface area (Å²) in [6, 6.07) is 8.20. The lowest BCUT2D eigenvalue weighted by molar-refractivity contribution is -0.180. The number of carbonyl (C=O) groups is 2. The molecule has 0 aliphatic carbocycles. The normalized spacial score (nSPS) is 31.3. The van der Waals surface area contributed by atoms with E-state index in [-0.39, 0.29) is 36.9 Å². The molecule has 130 valence electrons. The molecule has 1 aromatic heterocycles. The first-order valence-electron chi connectivity index (χ1n) is 8.87. The zero-order valence-electron chi connectivity index (χ0n) is 13.8. The first-order chi connectivity index (χ1) is 12.2. The van der Waals surface area contributed by atoms with Crippen molar-refractivity contribution in [3.8, 4) is 0 Å². The number of hydrogen-bond acceptors (Lipinski definition) is 4. The van der Waals surface area contributed by atoms with Crippen LogP contribution in [0, 0.1) is 11.8 Å². The van der Waals surface area contributed by atoms with Crippen LogP contribution in [0.2, 0.25) is 0 Å². The molecule has 0 radical (unpaired) electrons. The van der Waals surface area contributed by atoms with Gasteiger partial charge >= 0.3 is 5.97 Å². The van der Waals surface area contributed by atoms with Crippen molar-refractivity contribution >= 4 is 22.8 Å². The SMILES string of the molecule is O=C1C[C@H]2C[C@H]3c4[nH]c5ccccc5c4CCN3C(=O)[C@H]2[C@H](CO)O1. The highest BCUT2D eigenvalue weighted by Gasteiger charge is 2.51. The van der Waals surface area contributed by atoms with E-state index in [4.69, 9.17) is 4.74 Å². The number of hydrogen-bond donors (Lipinski definition) is 2. The number of fused-ring (bicyclic) bond motifs is 6. The van der Waals surface area contributed by atoms with Crippen molar-refractivity contribution in [3.63, 3.8) is 0 Å². The van der Waals surface area contributed by atoms with E-state index < -0.39 is 12.0 Å². The minimum atomic E-state index is -0.705. The third-order valence-electron chi connectivity index (χ3n) is 6.05. The summed E-state index contributed by atoms with van der Waals surface area (Å²) in [5, 5.41) is 10.8. The number of carbonyl (C=O) groups excluding carboxylic acids is 2. The molecule has 2 aromatic rings. The molecule has 6 heteroatoms. The smallest absolute Gasteiger partial charge is 0.306 e. The number of rotatable bonds is 1. The van der Waals surface area contributed by atoms with E-state index in [0.29, 0.717) is 6.54 Å². The molecular formula is C19H20N2O4. The van der Waals surface area contributed by atoms with E-state index in [1.807, 2.05) is 17.0 Å². The number of aromatic nitrogens is 1. The van der Waals surface area contributed by atoms with Crippen LogP contribution in [0.15, 0.2) is 24.3 Å². The van der Waals surface area contributed by atoms with E-state index in [9.17, 15) is 14.7 Å². The molecule has 3 aliphatic rings. The van der Waals surface area contributed by atoms with Gasteiger partial charge in [-0.2, -0.15) is 0 Å². The van der Waals surface area contributed by atoms with Crippen LogP contribution >= 0.6 is 0 Å². The largest absolute Gasteiger partial charge is 0.459 e. The number of ether oxygens (including phenoxy) is 1. The Balaban J connectivity index is 1.57. The number of para-hydroxylation sites is 1. The molecule has 0 saturated carbocycles. The maximum atomic E-state index is 13.1. The number of piperidine rings is 1. The number of benzene rings is 1. The lowest BCUT2D eigenvalue weighted by Gasteiger charge is -2.48. The standard InChI is InChI=1S/C19H20N2O4/c22-9-15-17-10(8-16(23)25-15)7-14-18-12(5-6-21(14)19(17)24)11-3-1-2-4-13(11)20-18/h1-4,10,14-15,17,20,22H,5-9H2/t10-,14+,15+,17-/m1/s1. The molecular weight excluding hydrogens is 320 g/mol. The number of nitrogens with one attached hydrogen (secondary N) is 1. The van der Waals surface area contributed by atoms with Gasteiger partial charge in [0, 0.05) is 29.6 Å². The molecule has 4 atom stereocenters. The van der Waals surface area contributed by atoms with Crippen LogP contribution in [0.4, 0.5) is 0 Å². The van der Waals surface area contributed by atoms with Crippen molar-refractivity contribution in [2.75, 3.05) is 13.2 Å². The monoisotopic (exact) mass is 340 g/mol. The number of esters is 1. The van der Waals surface area contributed by atoms with Gasteiger partial charge in [0.2, 0.25) is 5.91 Å². The van der Waals surface area contributed by atoms with E-state index in [1.165, 1.54) is 10.9 Å². The summed E-state index contributed by atoms with van der Waals surface area (Å²) >= 11 is 0. The third-order valence-corrected chi connectivity index (χ3v) is 6.05. The topological polar surface area (TPSA) is 82.6 Å². The minimum absolute atomic E-state index is 0.0112. The molecule has 1 aromatic carbocycles. The van der Waals surface area contributed by atoms with Gasteiger partial charge in [-0.15, -0.1) is 0 Å². The number of aromatic amines is 1. The molecule has 0 unspecified atom stereocenters. The van der Waals surface area contributed by atoms with Gasteiger partial charge < -0.3 is 19.7 Å². The zero-order valence-corrected chi connectivity index (χ0v) is 13.8. The van der Waals surface area contributed by atoms with Crippen molar-refractivity contribution in [2.24, 2.45) is 11.8 Å². The van der Waals surface area contributed by atoms with Crippen LogP contribution in [0.25, 0.3) is 10.9 Å². The van der Waals surface area contributed by atoms with Gasteiger partial charge in [0.05, 0.1) is 18.6 Å². The van der Waals surface area contributed by atoms with E-state index in [2.05, 4.69) is 17.1 Å². The lowest BCUT2D eigenvalue weighted by Crippen LogP contribution is -2.57. The summed E-state index contributed by atoms with van der Waals surface area (Å²) in [5.41, 5.74) is 3.50. The number of cyclic esters (lactones) is 1. The Labute approximate surface area is 144 Å². The third kappa shape index (κ3) is 2.07. The van der Waals surface area contributed by atoms with Gasteiger partial charge in [0.15, 0.2) is 0 Å². The van der Waals surface area contributed by atoms with E-state index >= 15 is 0 Å². The minimum Gasteiger partial charge on any atom is -0.459 e. The number of nitrogens with zero attached hydrogens (tertiary/aromatic N) is 1. The average Bonchev–Trinajstić information content (AvgIpc) is 3.00. The highest BCUT2D eigenvalue weighted by molar-refractivity contribution is 5.88. The molecule has 3 aliphatic heterocycles. The van der Waals surface area contributed by atoms with Crippen molar-refractivity contribution in [2.45, 2.75) is 31.4 Å². The predicted octanol–water partition coefficient (Wildman–Crippen LogP) is 1.54. The second-order valence-electron chi connectivity index (χ2n) is 7.30. The Morgan fingerprint density at radius 2 is 2.12 bits per heavy atom. The summed E-state index contributed by atoms with van der Waals surface area (Å²) in [7, 11) is 0. The van der Waals surface area contributed by atoms with E-state index in [1.54, 1.807) is 0 Å². The number of aliphatic hydroxyl groups is 1. The molecule has 2 fully saturated rings. The lowest BCUT2D eigenvalue weighted by atomic mass is 9.73. The van der Waals surface area contributed by atoms with Gasteiger partial charge in [-0.25, -0.2) is 0 Å². The summed E-state index contributed by atoms with van der Waals surface area (Å²) in [6.45, 7) is 0.377. The van der Waals surface area contributed by atoms with Crippen molar-refractivity contribution in [3.05, 3.63) is 35.5 Å². The fraction of sp³-hybridized carbons (Fsp3) is 0.474. The molecule has 2 saturated heterocycles. The average molecular weight is 340 g/mol. The molecule has 0 bridgehead atoms.